The summed E-state index contributed by atoms with van der Waals surface area (Å²) >= 11 is 0. The van der Waals surface area contributed by atoms with Crippen molar-refractivity contribution in [1.82, 2.24) is 10.6 Å². The number of rotatable bonds is 5. The Balaban J connectivity index is 1.82. The normalized spacial score (nSPS) is 17.6. The molecule has 20 heavy (non-hydrogen) atoms. The first-order valence-corrected chi connectivity index (χ1v) is 6.86. The van der Waals surface area contributed by atoms with Gasteiger partial charge in [0.15, 0.2) is 0 Å². The number of urea groups is 1. The summed E-state index contributed by atoms with van der Waals surface area (Å²) in [6.07, 6.45) is 2.18. The lowest BCUT2D eigenvalue weighted by Gasteiger charge is -2.37. The van der Waals surface area contributed by atoms with Crippen LogP contribution in [0.25, 0.3) is 0 Å². The lowest BCUT2D eigenvalue weighted by molar-refractivity contribution is -0.153. The Morgan fingerprint density at radius 2 is 1.95 bits per heavy atom. The minimum atomic E-state index is -0.819. The first-order valence-electron chi connectivity index (χ1n) is 6.86. The zero-order chi connectivity index (χ0) is 14.6. The van der Waals surface area contributed by atoms with Crippen LogP contribution in [0.3, 0.4) is 0 Å². The largest absolute Gasteiger partial charge is 0.481 e. The van der Waals surface area contributed by atoms with Crippen LogP contribution in [0.15, 0.2) is 30.3 Å². The summed E-state index contributed by atoms with van der Waals surface area (Å²) < 4.78 is 0. The maximum absolute atomic E-state index is 11.8. The molecule has 1 aliphatic rings. The Morgan fingerprint density at radius 3 is 2.45 bits per heavy atom. The van der Waals surface area contributed by atoms with E-state index in [-0.39, 0.29) is 18.6 Å². The van der Waals surface area contributed by atoms with E-state index in [1.54, 1.807) is 0 Å². The Morgan fingerprint density at radius 1 is 1.30 bits per heavy atom. The molecule has 0 spiro atoms. The molecule has 3 N–H and O–H groups in total. The summed E-state index contributed by atoms with van der Waals surface area (Å²) in [6, 6.07) is 9.19. The van der Waals surface area contributed by atoms with E-state index in [0.717, 1.165) is 12.0 Å². The summed E-state index contributed by atoms with van der Waals surface area (Å²) in [6.45, 7) is 2.08. The number of carboxylic acid groups (broad SMARTS) is 1. The van der Waals surface area contributed by atoms with Gasteiger partial charge in [0.2, 0.25) is 0 Å². The van der Waals surface area contributed by atoms with Gasteiger partial charge < -0.3 is 15.7 Å². The quantitative estimate of drug-likeness (QED) is 0.772. The van der Waals surface area contributed by atoms with Gasteiger partial charge in [0.25, 0.3) is 0 Å². The third-order valence-electron chi connectivity index (χ3n) is 4.00. The van der Waals surface area contributed by atoms with Crippen molar-refractivity contribution < 1.29 is 14.7 Å². The Kier molecular flexibility index (Phi) is 4.27. The van der Waals surface area contributed by atoms with Gasteiger partial charge in [-0.2, -0.15) is 0 Å². The second kappa shape index (κ2) is 5.94. The van der Waals surface area contributed by atoms with E-state index in [0.29, 0.717) is 12.8 Å². The maximum atomic E-state index is 11.8. The van der Waals surface area contributed by atoms with Crippen LogP contribution in [0, 0.1) is 5.41 Å². The molecule has 1 fully saturated rings. The number of nitrogens with one attached hydrogen (secondary N) is 2. The fourth-order valence-corrected chi connectivity index (χ4v) is 2.39. The molecule has 0 heterocycles. The number of hydrogen-bond acceptors (Lipinski definition) is 2. The van der Waals surface area contributed by atoms with Crippen molar-refractivity contribution in [2.75, 3.05) is 6.54 Å². The monoisotopic (exact) mass is 276 g/mol. The van der Waals surface area contributed by atoms with Crippen LogP contribution in [0.1, 0.15) is 37.8 Å². The van der Waals surface area contributed by atoms with E-state index in [2.05, 4.69) is 10.6 Å². The molecule has 0 saturated heterocycles. The van der Waals surface area contributed by atoms with Gasteiger partial charge in [-0.15, -0.1) is 0 Å². The zero-order valence-corrected chi connectivity index (χ0v) is 11.6. The lowest BCUT2D eigenvalue weighted by Crippen LogP contribution is -2.50. The van der Waals surface area contributed by atoms with Crippen LogP contribution in [0.4, 0.5) is 4.79 Å². The average molecular weight is 276 g/mol. The van der Waals surface area contributed by atoms with Crippen molar-refractivity contribution in [3.63, 3.8) is 0 Å². The zero-order valence-electron chi connectivity index (χ0n) is 11.6. The van der Waals surface area contributed by atoms with Crippen molar-refractivity contribution in [2.24, 2.45) is 5.41 Å². The Bertz CT molecular complexity index is 483. The molecule has 0 bridgehead atoms. The van der Waals surface area contributed by atoms with Crippen LogP contribution in [-0.4, -0.2) is 23.7 Å². The van der Waals surface area contributed by atoms with Gasteiger partial charge in [0.1, 0.15) is 0 Å². The molecule has 1 unspecified atom stereocenters. The average Bonchev–Trinajstić information content (AvgIpc) is 2.38. The summed E-state index contributed by atoms with van der Waals surface area (Å²) in [5.74, 6) is -0.819. The van der Waals surface area contributed by atoms with E-state index in [9.17, 15) is 14.7 Å². The standard InChI is InChI=1S/C15H20N2O3/c1-11(12-6-3-2-4-7-12)17-14(20)16-10-15(13(18)19)8-5-9-15/h2-4,6-7,11H,5,8-10H2,1H3,(H,18,19)(H2,16,17,20). The lowest BCUT2D eigenvalue weighted by atomic mass is 9.69. The minimum Gasteiger partial charge on any atom is -0.481 e. The topological polar surface area (TPSA) is 78.4 Å². The summed E-state index contributed by atoms with van der Waals surface area (Å²) in [7, 11) is 0. The molecule has 0 aliphatic heterocycles. The number of hydrogen-bond donors (Lipinski definition) is 3. The predicted octanol–water partition coefficient (Wildman–Crippen LogP) is 2.30. The van der Waals surface area contributed by atoms with Gasteiger partial charge in [0, 0.05) is 6.54 Å². The molecule has 0 aromatic heterocycles. The molecular formula is C15H20N2O3. The molecule has 0 radical (unpaired) electrons. The molecule has 5 heteroatoms. The van der Waals surface area contributed by atoms with Gasteiger partial charge in [-0.3, -0.25) is 4.79 Å². The van der Waals surface area contributed by atoms with Gasteiger partial charge in [-0.25, -0.2) is 4.79 Å². The van der Waals surface area contributed by atoms with E-state index < -0.39 is 11.4 Å². The highest BCUT2D eigenvalue weighted by atomic mass is 16.4. The minimum absolute atomic E-state index is 0.113. The van der Waals surface area contributed by atoms with Gasteiger partial charge in [-0.1, -0.05) is 36.8 Å². The summed E-state index contributed by atoms with van der Waals surface area (Å²) in [5.41, 5.74) is 0.257. The SMILES string of the molecule is CC(NC(=O)NCC1(C(=O)O)CCC1)c1ccccc1. The van der Waals surface area contributed by atoms with Crippen molar-refractivity contribution >= 4 is 12.0 Å². The van der Waals surface area contributed by atoms with Crippen molar-refractivity contribution in [1.29, 1.82) is 0 Å². The van der Waals surface area contributed by atoms with Crippen molar-refractivity contribution in [3.05, 3.63) is 35.9 Å². The van der Waals surface area contributed by atoms with Crippen LogP contribution in [0.2, 0.25) is 0 Å². The van der Waals surface area contributed by atoms with Gasteiger partial charge >= 0.3 is 12.0 Å². The molecule has 1 saturated carbocycles. The highest BCUT2D eigenvalue weighted by Gasteiger charge is 2.44. The highest BCUT2D eigenvalue weighted by molar-refractivity contribution is 5.79. The predicted molar refractivity (Wildman–Crippen MR) is 75.3 cm³/mol. The molecule has 5 nitrogen and oxygen atoms in total. The Labute approximate surface area is 118 Å². The summed E-state index contributed by atoms with van der Waals surface area (Å²) in [5, 5.41) is 14.7. The number of carboxylic acids is 1. The second-order valence-corrected chi connectivity index (χ2v) is 5.40. The number of aliphatic carboxylic acids is 1. The first-order chi connectivity index (χ1) is 9.53. The van der Waals surface area contributed by atoms with E-state index >= 15 is 0 Å². The molecule has 1 aromatic carbocycles. The van der Waals surface area contributed by atoms with Gasteiger partial charge in [0.05, 0.1) is 11.5 Å². The molecular weight excluding hydrogens is 256 g/mol. The number of amides is 2. The summed E-state index contributed by atoms with van der Waals surface area (Å²) in [4.78, 5) is 23.0. The third-order valence-corrected chi connectivity index (χ3v) is 4.00. The van der Waals surface area contributed by atoms with Crippen molar-refractivity contribution in [2.45, 2.75) is 32.2 Å². The molecule has 1 aliphatic carbocycles. The molecule has 108 valence electrons. The van der Waals surface area contributed by atoms with E-state index in [1.165, 1.54) is 0 Å². The highest BCUT2D eigenvalue weighted by Crippen LogP contribution is 2.40. The van der Waals surface area contributed by atoms with E-state index in [4.69, 9.17) is 0 Å². The number of carbonyl (C=O) groups excluding carboxylic acids is 1. The van der Waals surface area contributed by atoms with Crippen molar-refractivity contribution in [3.8, 4) is 0 Å². The first kappa shape index (κ1) is 14.4. The fraction of sp³-hybridized carbons (Fsp3) is 0.467. The molecule has 1 atom stereocenters. The van der Waals surface area contributed by atoms with Crippen LogP contribution >= 0.6 is 0 Å². The second-order valence-electron chi connectivity index (χ2n) is 5.40. The van der Waals surface area contributed by atoms with Gasteiger partial charge in [-0.05, 0) is 25.3 Å². The van der Waals surface area contributed by atoms with E-state index in [1.807, 2.05) is 37.3 Å². The number of benzene rings is 1. The van der Waals surface area contributed by atoms with Crippen LogP contribution in [-0.2, 0) is 4.79 Å². The molecule has 2 rings (SSSR count). The van der Waals surface area contributed by atoms with Crippen LogP contribution < -0.4 is 10.6 Å². The maximum Gasteiger partial charge on any atom is 0.315 e. The Hall–Kier alpha value is -2.04. The smallest absolute Gasteiger partial charge is 0.315 e. The van der Waals surface area contributed by atoms with Crippen LogP contribution in [0.5, 0.6) is 0 Å². The molecule has 1 aromatic rings. The number of carbonyl (C=O) groups is 2. The fourth-order valence-electron chi connectivity index (χ4n) is 2.39. The molecule has 2 amide bonds. The third kappa shape index (κ3) is 3.10.